The Morgan fingerprint density at radius 1 is 0.767 bits per heavy atom. The number of anilines is 1. The van der Waals surface area contributed by atoms with Crippen LogP contribution in [0.25, 0.3) is 0 Å². The van der Waals surface area contributed by atoms with E-state index in [1.807, 2.05) is 24.3 Å². The molecule has 0 aliphatic carbocycles. The summed E-state index contributed by atoms with van der Waals surface area (Å²) >= 11 is 0. The molecule has 1 heterocycles. The zero-order chi connectivity index (χ0) is 31.1. The van der Waals surface area contributed by atoms with Gasteiger partial charge in [-0.15, -0.1) is 0 Å². The smallest absolute Gasteiger partial charge is 0.359 e. The van der Waals surface area contributed by atoms with Gasteiger partial charge in [-0.25, -0.2) is 23.4 Å². The molecule has 10 nitrogen and oxygen atoms in total. The first kappa shape index (κ1) is 30.7. The van der Waals surface area contributed by atoms with E-state index in [9.17, 15) is 14.4 Å². The summed E-state index contributed by atoms with van der Waals surface area (Å²) in [6, 6.07) is 16.6. The fourth-order valence-electron chi connectivity index (χ4n) is 4.46. The number of esters is 2. The Balaban J connectivity index is 1.72. The zero-order valence-electron chi connectivity index (χ0n) is 23.9. The van der Waals surface area contributed by atoms with E-state index >= 15 is 8.78 Å². The van der Waals surface area contributed by atoms with Crippen LogP contribution in [0.2, 0.25) is 0 Å². The fraction of sp³-hybridized carbons (Fsp3) is 0.226. The lowest BCUT2D eigenvalue weighted by molar-refractivity contribution is 0.0543. The van der Waals surface area contributed by atoms with E-state index in [2.05, 4.69) is 9.72 Å². The molecule has 4 rings (SSSR count). The molecule has 0 radical (unpaired) electrons. The fourth-order valence-corrected chi connectivity index (χ4v) is 4.46. The second kappa shape index (κ2) is 13.6. The molecule has 12 heteroatoms. The topological polar surface area (TPSA) is 109 Å². The molecule has 0 fully saturated rings. The molecular formula is C31H29F2N3O7. The normalized spacial score (nSPS) is 10.7. The number of hydrogen-bond acceptors (Lipinski definition) is 9. The highest BCUT2D eigenvalue weighted by Gasteiger charge is 2.29. The monoisotopic (exact) mass is 593 g/mol. The minimum atomic E-state index is -1.09. The van der Waals surface area contributed by atoms with E-state index in [1.165, 1.54) is 6.07 Å². The summed E-state index contributed by atoms with van der Waals surface area (Å²) in [4.78, 5) is 43.3. The summed E-state index contributed by atoms with van der Waals surface area (Å²) in [5.74, 6) is -3.80. The number of Topliss-reactive ketones (excluding diaryl/α,β-unsaturated/α-hetero) is 1. The molecule has 0 atom stereocenters. The minimum Gasteiger partial charge on any atom is -0.497 e. The maximum Gasteiger partial charge on any atom is 0.359 e. The molecule has 0 saturated heterocycles. The molecule has 0 spiro atoms. The minimum absolute atomic E-state index is 0.0227. The molecule has 1 aromatic heterocycles. The molecule has 0 aliphatic heterocycles. The van der Waals surface area contributed by atoms with Crippen molar-refractivity contribution in [2.24, 2.45) is 0 Å². The number of ether oxygens (including phenoxy) is 4. The molecule has 0 amide bonds. The third kappa shape index (κ3) is 6.80. The van der Waals surface area contributed by atoms with Crippen molar-refractivity contribution in [1.29, 1.82) is 0 Å². The lowest BCUT2D eigenvalue weighted by Gasteiger charge is -2.27. The van der Waals surface area contributed by atoms with Crippen LogP contribution in [-0.2, 0) is 29.1 Å². The van der Waals surface area contributed by atoms with Crippen molar-refractivity contribution < 1.29 is 42.1 Å². The van der Waals surface area contributed by atoms with Gasteiger partial charge in [0.2, 0.25) is 0 Å². The quantitative estimate of drug-likeness (QED) is 0.168. The van der Waals surface area contributed by atoms with Crippen LogP contribution in [0.5, 0.6) is 11.5 Å². The molecule has 3 aromatic carbocycles. The molecule has 224 valence electrons. The van der Waals surface area contributed by atoms with Crippen LogP contribution >= 0.6 is 0 Å². The molecule has 0 bridgehead atoms. The first-order valence-corrected chi connectivity index (χ1v) is 12.9. The van der Waals surface area contributed by atoms with Gasteiger partial charge < -0.3 is 28.4 Å². The number of rotatable bonds is 12. The largest absolute Gasteiger partial charge is 0.497 e. The van der Waals surface area contributed by atoms with Crippen LogP contribution in [0.15, 0.2) is 67.0 Å². The first-order valence-electron chi connectivity index (χ1n) is 12.9. The number of ketones is 1. The Bertz CT molecular complexity index is 1570. The summed E-state index contributed by atoms with van der Waals surface area (Å²) in [5, 5.41) is 0. The lowest BCUT2D eigenvalue weighted by Crippen LogP contribution is -2.25. The van der Waals surface area contributed by atoms with E-state index in [0.29, 0.717) is 11.5 Å². The Labute approximate surface area is 246 Å². The standard InChI is InChI=1S/C31H29F2N3O7/c1-40-21-9-5-19(6-10-21)15-35(16-20-7-11-22(41-2)12-8-20)24-14-13-23(32)26(27(24)33)25(37)17-36-18-34-28(30(38)42-3)29(36)31(39)43-4/h5-14,18H,15-17H2,1-4H3. The van der Waals surface area contributed by atoms with Gasteiger partial charge in [0.25, 0.3) is 0 Å². The van der Waals surface area contributed by atoms with Gasteiger partial charge in [-0.05, 0) is 47.5 Å². The second-order valence-electron chi connectivity index (χ2n) is 9.28. The highest BCUT2D eigenvalue weighted by molar-refractivity contribution is 6.02. The second-order valence-corrected chi connectivity index (χ2v) is 9.28. The van der Waals surface area contributed by atoms with Crippen molar-refractivity contribution in [3.63, 3.8) is 0 Å². The highest BCUT2D eigenvalue weighted by Crippen LogP contribution is 2.29. The third-order valence-corrected chi connectivity index (χ3v) is 6.66. The van der Waals surface area contributed by atoms with E-state index in [1.54, 1.807) is 43.4 Å². The van der Waals surface area contributed by atoms with Crippen molar-refractivity contribution in [3.05, 3.63) is 107 Å². The summed E-state index contributed by atoms with van der Waals surface area (Å²) in [5.41, 5.74) is -0.00589. The van der Waals surface area contributed by atoms with Gasteiger partial charge >= 0.3 is 11.9 Å². The molecule has 0 saturated carbocycles. The lowest BCUT2D eigenvalue weighted by atomic mass is 10.1. The van der Waals surface area contributed by atoms with Crippen molar-refractivity contribution >= 4 is 23.4 Å². The summed E-state index contributed by atoms with van der Waals surface area (Å²) in [6.45, 7) is -0.284. The maximum atomic E-state index is 16.2. The van der Waals surface area contributed by atoms with Crippen molar-refractivity contribution in [2.45, 2.75) is 19.6 Å². The van der Waals surface area contributed by atoms with Crippen LogP contribution in [-0.4, -0.2) is 55.7 Å². The summed E-state index contributed by atoms with van der Waals surface area (Å²) < 4.78 is 52.0. The maximum absolute atomic E-state index is 16.2. The Morgan fingerprint density at radius 2 is 1.30 bits per heavy atom. The van der Waals surface area contributed by atoms with Crippen LogP contribution in [0.1, 0.15) is 42.5 Å². The molecule has 0 unspecified atom stereocenters. The van der Waals surface area contributed by atoms with E-state index in [4.69, 9.17) is 14.2 Å². The third-order valence-electron chi connectivity index (χ3n) is 6.66. The van der Waals surface area contributed by atoms with Gasteiger partial charge in [-0.2, -0.15) is 0 Å². The number of carbonyl (C=O) groups excluding carboxylic acids is 3. The number of hydrogen-bond donors (Lipinski definition) is 0. The number of aromatic nitrogens is 2. The Kier molecular flexibility index (Phi) is 9.71. The van der Waals surface area contributed by atoms with E-state index < -0.39 is 47.2 Å². The number of imidazole rings is 1. The Hall–Kier alpha value is -5.26. The number of halogens is 2. The van der Waals surface area contributed by atoms with Gasteiger partial charge in [-0.1, -0.05) is 24.3 Å². The average molecular weight is 594 g/mol. The number of carbonyl (C=O) groups is 3. The van der Waals surface area contributed by atoms with Gasteiger partial charge in [-0.3, -0.25) is 4.79 Å². The molecule has 43 heavy (non-hydrogen) atoms. The predicted molar refractivity (Wildman–Crippen MR) is 151 cm³/mol. The number of benzene rings is 3. The first-order chi connectivity index (χ1) is 20.7. The van der Waals surface area contributed by atoms with E-state index in [-0.39, 0.29) is 24.5 Å². The summed E-state index contributed by atoms with van der Waals surface area (Å²) in [7, 11) is 5.26. The predicted octanol–water partition coefficient (Wildman–Crippen LogP) is 4.84. The van der Waals surface area contributed by atoms with Gasteiger partial charge in [0.1, 0.15) is 17.3 Å². The summed E-state index contributed by atoms with van der Waals surface area (Å²) in [6.07, 6.45) is 1.02. The molecule has 0 N–H and O–H groups in total. The zero-order valence-corrected chi connectivity index (χ0v) is 23.9. The van der Waals surface area contributed by atoms with E-state index in [0.717, 1.165) is 42.3 Å². The van der Waals surface area contributed by atoms with Crippen LogP contribution in [0.3, 0.4) is 0 Å². The molecule has 4 aromatic rings. The Morgan fingerprint density at radius 3 is 1.79 bits per heavy atom. The van der Waals surface area contributed by atoms with Gasteiger partial charge in [0.15, 0.2) is 23.0 Å². The molecule has 0 aliphatic rings. The van der Waals surface area contributed by atoms with Crippen LogP contribution < -0.4 is 14.4 Å². The van der Waals surface area contributed by atoms with Crippen molar-refractivity contribution in [1.82, 2.24) is 9.55 Å². The van der Waals surface area contributed by atoms with Crippen molar-refractivity contribution in [2.75, 3.05) is 33.3 Å². The van der Waals surface area contributed by atoms with Crippen LogP contribution in [0.4, 0.5) is 14.5 Å². The number of nitrogens with zero attached hydrogens (tertiary/aromatic N) is 3. The van der Waals surface area contributed by atoms with Crippen molar-refractivity contribution in [3.8, 4) is 11.5 Å². The van der Waals surface area contributed by atoms with Gasteiger partial charge in [0, 0.05) is 13.1 Å². The SMILES string of the molecule is COC(=O)c1ncn(CC(=O)c2c(F)ccc(N(Cc3ccc(OC)cc3)Cc3ccc(OC)cc3)c2F)c1C(=O)OC. The molecular weight excluding hydrogens is 564 g/mol. The average Bonchev–Trinajstić information content (AvgIpc) is 3.44. The van der Waals surface area contributed by atoms with Gasteiger partial charge in [0.05, 0.1) is 52.6 Å². The number of methoxy groups -OCH3 is 4. The highest BCUT2D eigenvalue weighted by atomic mass is 19.1. The van der Waals surface area contributed by atoms with Crippen LogP contribution in [0, 0.1) is 11.6 Å².